The van der Waals surface area contributed by atoms with Crippen LogP contribution >= 0.6 is 0 Å². The summed E-state index contributed by atoms with van der Waals surface area (Å²) >= 11 is 0. The first-order chi connectivity index (χ1) is 16.7. The van der Waals surface area contributed by atoms with E-state index in [1.807, 2.05) is 0 Å². The number of sulfonamides is 1. The van der Waals surface area contributed by atoms with E-state index < -0.39 is 21.8 Å². The molecular formula is C24H27N5O5S. The Bertz CT molecular complexity index is 1460. The van der Waals surface area contributed by atoms with Crippen LogP contribution in [0.25, 0.3) is 10.9 Å². The number of carbonyl (C=O) groups excluding carboxylic acids is 2. The van der Waals surface area contributed by atoms with Crippen LogP contribution in [-0.4, -0.2) is 48.2 Å². The Kier molecular flexibility index (Phi) is 6.99. The standard InChI is InChI=1S/C24H27N5O5S/c1-28(2)35(33,34)18-9-7-8-16(14-18)22(30)26-27-23(31)17-11-12-19-20(15-17)25-21-10-5-3-4-6-13-29(21)24(19)32/h7-9,11-12,14-15H,3-6,10,13H2,1-2H3,(H,26,30)(H,27,31). The van der Waals surface area contributed by atoms with Crippen LogP contribution in [0, 0.1) is 0 Å². The van der Waals surface area contributed by atoms with E-state index in [2.05, 4.69) is 15.8 Å². The van der Waals surface area contributed by atoms with Gasteiger partial charge in [0.2, 0.25) is 10.0 Å². The van der Waals surface area contributed by atoms with Crippen molar-refractivity contribution < 1.29 is 18.0 Å². The number of hydrogen-bond donors (Lipinski definition) is 2. The molecule has 2 heterocycles. The smallest absolute Gasteiger partial charge is 0.269 e. The lowest BCUT2D eigenvalue weighted by atomic mass is 10.1. The van der Waals surface area contributed by atoms with Gasteiger partial charge in [0.1, 0.15) is 5.82 Å². The molecule has 0 fully saturated rings. The first-order valence-corrected chi connectivity index (χ1v) is 12.8. The zero-order valence-electron chi connectivity index (χ0n) is 19.6. The summed E-state index contributed by atoms with van der Waals surface area (Å²) in [5.41, 5.74) is 5.24. The summed E-state index contributed by atoms with van der Waals surface area (Å²) in [7, 11) is -0.917. The first kappa shape index (κ1) is 24.6. The lowest BCUT2D eigenvalue weighted by molar-refractivity contribution is 0.0846. The number of aromatic nitrogens is 2. The Morgan fingerprint density at radius 3 is 2.34 bits per heavy atom. The highest BCUT2D eigenvalue weighted by molar-refractivity contribution is 7.89. The van der Waals surface area contributed by atoms with E-state index in [9.17, 15) is 22.8 Å². The quantitative estimate of drug-likeness (QED) is 0.529. The van der Waals surface area contributed by atoms with Crippen molar-refractivity contribution in [1.82, 2.24) is 24.7 Å². The van der Waals surface area contributed by atoms with Crippen molar-refractivity contribution in [2.24, 2.45) is 0 Å². The predicted molar refractivity (Wildman–Crippen MR) is 130 cm³/mol. The Labute approximate surface area is 203 Å². The number of rotatable bonds is 4. The number of hydrogen-bond acceptors (Lipinski definition) is 6. The number of nitrogens with zero attached hydrogens (tertiary/aromatic N) is 3. The number of nitrogens with one attached hydrogen (secondary N) is 2. The summed E-state index contributed by atoms with van der Waals surface area (Å²) in [4.78, 5) is 42.7. The second kappa shape index (κ2) is 9.96. The molecule has 184 valence electrons. The average molecular weight is 498 g/mol. The van der Waals surface area contributed by atoms with Gasteiger partial charge >= 0.3 is 0 Å². The lowest BCUT2D eigenvalue weighted by Crippen LogP contribution is -2.41. The Hall–Kier alpha value is -3.57. The van der Waals surface area contributed by atoms with Crippen molar-refractivity contribution in [3.8, 4) is 0 Å². The summed E-state index contributed by atoms with van der Waals surface area (Å²) in [5, 5.41) is 0.439. The predicted octanol–water partition coefficient (Wildman–Crippen LogP) is 1.84. The van der Waals surface area contributed by atoms with Gasteiger partial charge in [0.25, 0.3) is 17.4 Å². The number of fused-ring (bicyclic) bond motifs is 2. The van der Waals surface area contributed by atoms with Crippen molar-refractivity contribution in [2.75, 3.05) is 14.1 Å². The fourth-order valence-electron chi connectivity index (χ4n) is 4.00. The minimum Gasteiger partial charge on any atom is -0.296 e. The maximum absolute atomic E-state index is 13.0. The second-order valence-corrected chi connectivity index (χ2v) is 10.8. The zero-order chi connectivity index (χ0) is 25.2. The van der Waals surface area contributed by atoms with Crippen LogP contribution in [-0.2, 0) is 23.0 Å². The van der Waals surface area contributed by atoms with Crippen molar-refractivity contribution in [3.63, 3.8) is 0 Å². The molecule has 0 saturated carbocycles. The summed E-state index contributed by atoms with van der Waals surface area (Å²) in [6.07, 6.45) is 4.79. The third kappa shape index (κ3) is 5.10. The molecule has 2 N–H and O–H groups in total. The molecule has 0 aliphatic carbocycles. The summed E-state index contributed by atoms with van der Waals surface area (Å²) in [6, 6.07) is 10.1. The zero-order valence-corrected chi connectivity index (χ0v) is 20.4. The molecule has 10 nitrogen and oxygen atoms in total. The van der Waals surface area contributed by atoms with E-state index in [0.29, 0.717) is 23.9 Å². The molecule has 0 unspecified atom stereocenters. The van der Waals surface area contributed by atoms with E-state index in [1.165, 1.54) is 50.5 Å². The van der Waals surface area contributed by atoms with Crippen molar-refractivity contribution in [1.29, 1.82) is 0 Å². The molecule has 3 aromatic rings. The molecule has 0 spiro atoms. The average Bonchev–Trinajstić information content (AvgIpc) is 2.83. The van der Waals surface area contributed by atoms with Gasteiger partial charge < -0.3 is 0 Å². The van der Waals surface area contributed by atoms with Gasteiger partial charge in [-0.25, -0.2) is 17.7 Å². The van der Waals surface area contributed by atoms with Crippen LogP contribution in [0.15, 0.2) is 52.2 Å². The number of benzene rings is 2. The van der Waals surface area contributed by atoms with Gasteiger partial charge in [-0.15, -0.1) is 0 Å². The minimum absolute atomic E-state index is 0.0387. The normalized spacial score (nSPS) is 14.1. The van der Waals surface area contributed by atoms with Crippen LogP contribution in [0.3, 0.4) is 0 Å². The molecule has 1 aliphatic heterocycles. The molecule has 1 aromatic heterocycles. The van der Waals surface area contributed by atoms with Crippen LogP contribution < -0.4 is 16.4 Å². The van der Waals surface area contributed by atoms with Gasteiger partial charge in [0.15, 0.2) is 0 Å². The Morgan fingerprint density at radius 2 is 1.63 bits per heavy atom. The number of carbonyl (C=O) groups is 2. The van der Waals surface area contributed by atoms with E-state index in [0.717, 1.165) is 35.8 Å². The summed E-state index contributed by atoms with van der Waals surface area (Å²) in [5.74, 6) is -0.542. The minimum atomic E-state index is -3.71. The molecule has 4 rings (SSSR count). The largest absolute Gasteiger partial charge is 0.296 e. The number of hydrazine groups is 1. The van der Waals surface area contributed by atoms with Gasteiger partial charge in [-0.2, -0.15) is 0 Å². The van der Waals surface area contributed by atoms with Crippen LogP contribution in [0.2, 0.25) is 0 Å². The molecule has 2 aromatic carbocycles. The summed E-state index contributed by atoms with van der Waals surface area (Å²) < 4.78 is 27.4. The Balaban J connectivity index is 1.52. The van der Waals surface area contributed by atoms with Crippen molar-refractivity contribution in [3.05, 3.63) is 69.8 Å². The molecule has 0 atom stereocenters. The van der Waals surface area contributed by atoms with Gasteiger partial charge in [0.05, 0.1) is 15.8 Å². The SMILES string of the molecule is CN(C)S(=O)(=O)c1cccc(C(=O)NNC(=O)c2ccc3c(=O)n4c(nc3c2)CCCCCC4)c1. The second-order valence-electron chi connectivity index (χ2n) is 8.60. The molecule has 1 aliphatic rings. The van der Waals surface area contributed by atoms with Crippen molar-refractivity contribution in [2.45, 2.75) is 43.5 Å². The third-order valence-electron chi connectivity index (χ3n) is 5.99. The van der Waals surface area contributed by atoms with Gasteiger partial charge in [-0.1, -0.05) is 18.9 Å². The maximum Gasteiger partial charge on any atom is 0.269 e. The maximum atomic E-state index is 13.0. The molecule has 0 bridgehead atoms. The van der Waals surface area contributed by atoms with Crippen LogP contribution in [0.5, 0.6) is 0 Å². The van der Waals surface area contributed by atoms with Crippen LogP contribution in [0.1, 0.15) is 52.2 Å². The monoisotopic (exact) mass is 497 g/mol. The van der Waals surface area contributed by atoms with Gasteiger partial charge in [-0.05, 0) is 49.2 Å². The number of aryl methyl sites for hydroxylation is 1. The van der Waals surface area contributed by atoms with E-state index in [-0.39, 0.29) is 21.6 Å². The molecule has 11 heteroatoms. The molecule has 2 amide bonds. The highest BCUT2D eigenvalue weighted by Crippen LogP contribution is 2.17. The van der Waals surface area contributed by atoms with Gasteiger partial charge in [-0.3, -0.25) is 29.8 Å². The first-order valence-electron chi connectivity index (χ1n) is 11.4. The highest BCUT2D eigenvalue weighted by Gasteiger charge is 2.19. The third-order valence-corrected chi connectivity index (χ3v) is 7.80. The highest BCUT2D eigenvalue weighted by atomic mass is 32.2. The Morgan fingerprint density at radius 1 is 0.943 bits per heavy atom. The topological polar surface area (TPSA) is 130 Å². The van der Waals surface area contributed by atoms with Gasteiger partial charge in [0, 0.05) is 38.2 Å². The van der Waals surface area contributed by atoms with Crippen molar-refractivity contribution >= 4 is 32.7 Å². The molecule has 35 heavy (non-hydrogen) atoms. The fraction of sp³-hybridized carbons (Fsp3) is 0.333. The number of amides is 2. The molecule has 0 saturated heterocycles. The summed E-state index contributed by atoms with van der Waals surface area (Å²) in [6.45, 7) is 0.641. The van der Waals surface area contributed by atoms with E-state index in [1.54, 1.807) is 10.6 Å². The lowest BCUT2D eigenvalue weighted by Gasteiger charge is -2.16. The van der Waals surface area contributed by atoms with E-state index in [4.69, 9.17) is 0 Å². The molecule has 0 radical (unpaired) electrons. The van der Waals surface area contributed by atoms with Crippen LogP contribution in [0.4, 0.5) is 0 Å². The fourth-order valence-corrected chi connectivity index (χ4v) is 4.95. The molecular weight excluding hydrogens is 470 g/mol. The van der Waals surface area contributed by atoms with E-state index >= 15 is 0 Å².